The molecule has 1 aromatic carbocycles. The van der Waals surface area contributed by atoms with E-state index in [0.29, 0.717) is 18.9 Å². The number of aliphatic carboxylic acids is 1. The highest BCUT2D eigenvalue weighted by atomic mass is 19.1. The summed E-state index contributed by atoms with van der Waals surface area (Å²) < 4.78 is 26.3. The smallest absolute Gasteiger partial charge is 0.306 e. The summed E-state index contributed by atoms with van der Waals surface area (Å²) >= 11 is 0. The van der Waals surface area contributed by atoms with Crippen molar-refractivity contribution in [1.82, 2.24) is 4.90 Å². The molecule has 2 rings (SSSR count). The first-order valence-corrected chi connectivity index (χ1v) is 7.26. The number of hydrogen-bond donors (Lipinski definition) is 2. The molecule has 1 aliphatic heterocycles. The summed E-state index contributed by atoms with van der Waals surface area (Å²) in [6, 6.07) is 4.61. The maximum Gasteiger partial charge on any atom is 0.306 e. The van der Waals surface area contributed by atoms with Crippen LogP contribution in [0.1, 0.15) is 12.8 Å². The van der Waals surface area contributed by atoms with E-state index in [-0.39, 0.29) is 24.4 Å². The highest BCUT2D eigenvalue weighted by Gasteiger charge is 2.28. The monoisotopic (exact) mass is 335 g/mol. The van der Waals surface area contributed by atoms with Gasteiger partial charge in [0.15, 0.2) is 0 Å². The van der Waals surface area contributed by atoms with Crippen LogP contribution in [0.5, 0.6) is 0 Å². The molecule has 126 valence electrons. The molecule has 0 aliphatic carbocycles. The summed E-state index contributed by atoms with van der Waals surface area (Å²) in [5, 5.41) is 20.5. The van der Waals surface area contributed by atoms with Gasteiger partial charge in [-0.15, -0.1) is 0 Å². The van der Waals surface area contributed by atoms with E-state index >= 15 is 0 Å². The van der Waals surface area contributed by atoms with Crippen LogP contribution in [0.2, 0.25) is 0 Å². The van der Waals surface area contributed by atoms with Crippen LogP contribution in [-0.4, -0.2) is 35.0 Å². The van der Waals surface area contributed by atoms with Gasteiger partial charge in [-0.3, -0.25) is 9.59 Å². The van der Waals surface area contributed by atoms with Crippen LogP contribution in [0.25, 0.3) is 0 Å². The number of carboxylic acid groups (broad SMARTS) is 1. The number of hydrogen-bond acceptors (Lipinski definition) is 4. The standard InChI is InChI=1S/C16H15F2N3O3/c17-12-1-2-14(13(18)7-12)20-9-11(8-19)15(22)21-5-3-10(4-6-21)16(23)24/h1-2,7,9-10,20H,3-6H2,(H,23,24)/b11-9-. The zero-order valence-electron chi connectivity index (χ0n) is 12.6. The molecule has 6 nitrogen and oxygen atoms in total. The summed E-state index contributed by atoms with van der Waals surface area (Å²) in [6.45, 7) is 0.472. The minimum Gasteiger partial charge on any atom is -0.481 e. The second-order valence-electron chi connectivity index (χ2n) is 5.34. The van der Waals surface area contributed by atoms with Crippen LogP contribution in [-0.2, 0) is 9.59 Å². The van der Waals surface area contributed by atoms with Crippen molar-refractivity contribution in [1.29, 1.82) is 5.26 Å². The summed E-state index contributed by atoms with van der Waals surface area (Å²) in [5.74, 6) is -3.53. The molecule has 1 heterocycles. The van der Waals surface area contributed by atoms with Crippen molar-refractivity contribution in [2.45, 2.75) is 12.8 Å². The van der Waals surface area contributed by atoms with Gasteiger partial charge in [-0.1, -0.05) is 0 Å². The van der Waals surface area contributed by atoms with Gasteiger partial charge in [-0.25, -0.2) is 8.78 Å². The molecule has 1 aromatic rings. The van der Waals surface area contributed by atoms with Crippen LogP contribution in [0, 0.1) is 28.9 Å². The fraction of sp³-hybridized carbons (Fsp3) is 0.312. The first-order chi connectivity index (χ1) is 11.4. The Bertz CT molecular complexity index is 720. The fourth-order valence-corrected chi connectivity index (χ4v) is 2.40. The summed E-state index contributed by atoms with van der Waals surface area (Å²) in [4.78, 5) is 24.5. The fourth-order valence-electron chi connectivity index (χ4n) is 2.40. The lowest BCUT2D eigenvalue weighted by molar-refractivity contribution is -0.145. The maximum atomic E-state index is 13.5. The average Bonchev–Trinajstić information content (AvgIpc) is 2.57. The van der Waals surface area contributed by atoms with Crippen LogP contribution < -0.4 is 5.32 Å². The quantitative estimate of drug-likeness (QED) is 0.649. The molecule has 1 amide bonds. The molecular formula is C16H15F2N3O3. The van der Waals surface area contributed by atoms with Gasteiger partial charge in [0.25, 0.3) is 5.91 Å². The van der Waals surface area contributed by atoms with Gasteiger partial charge in [-0.2, -0.15) is 5.26 Å². The van der Waals surface area contributed by atoms with Crippen molar-refractivity contribution in [2.24, 2.45) is 5.92 Å². The summed E-state index contributed by atoms with van der Waals surface area (Å²) in [5.41, 5.74) is -0.311. The van der Waals surface area contributed by atoms with Crippen LogP contribution in [0.4, 0.5) is 14.5 Å². The Kier molecular flexibility index (Phi) is 5.47. The van der Waals surface area contributed by atoms with Gasteiger partial charge in [0, 0.05) is 25.4 Å². The zero-order valence-corrected chi connectivity index (χ0v) is 12.6. The minimum atomic E-state index is -0.897. The molecule has 0 unspecified atom stereocenters. The Morgan fingerprint density at radius 2 is 2.00 bits per heavy atom. The molecular weight excluding hydrogens is 320 g/mol. The highest BCUT2D eigenvalue weighted by molar-refractivity contribution is 5.97. The first-order valence-electron chi connectivity index (χ1n) is 7.26. The molecule has 2 N–H and O–H groups in total. The summed E-state index contributed by atoms with van der Waals surface area (Å²) in [7, 11) is 0. The van der Waals surface area contributed by atoms with Gasteiger partial charge in [0.05, 0.1) is 11.6 Å². The van der Waals surface area contributed by atoms with Crippen molar-refractivity contribution in [3.8, 4) is 6.07 Å². The first kappa shape index (κ1) is 17.4. The maximum absolute atomic E-state index is 13.5. The number of halogens is 2. The SMILES string of the molecule is N#C/C(=C/Nc1ccc(F)cc1F)C(=O)N1CCC(C(=O)O)CC1. The number of carboxylic acids is 1. The van der Waals surface area contributed by atoms with Crippen molar-refractivity contribution in [3.63, 3.8) is 0 Å². The number of carbonyl (C=O) groups excluding carboxylic acids is 1. The molecule has 0 bridgehead atoms. The Balaban J connectivity index is 2.04. The number of nitriles is 1. The third-order valence-corrected chi connectivity index (χ3v) is 3.79. The Labute approximate surface area is 137 Å². The Morgan fingerprint density at radius 3 is 2.54 bits per heavy atom. The molecule has 1 saturated heterocycles. The molecule has 0 atom stereocenters. The second-order valence-corrected chi connectivity index (χ2v) is 5.34. The normalized spacial score (nSPS) is 15.7. The van der Waals surface area contributed by atoms with Gasteiger partial charge in [0.1, 0.15) is 23.3 Å². The number of piperidine rings is 1. The van der Waals surface area contributed by atoms with E-state index in [9.17, 15) is 18.4 Å². The van der Waals surface area contributed by atoms with Crippen molar-refractivity contribution in [3.05, 3.63) is 41.6 Å². The zero-order chi connectivity index (χ0) is 17.7. The minimum absolute atomic E-state index is 0.0680. The predicted molar refractivity (Wildman–Crippen MR) is 80.6 cm³/mol. The number of nitrogens with one attached hydrogen (secondary N) is 1. The molecule has 1 fully saturated rings. The number of rotatable bonds is 4. The molecule has 24 heavy (non-hydrogen) atoms. The Hall–Kier alpha value is -2.95. The van der Waals surface area contributed by atoms with Crippen LogP contribution >= 0.6 is 0 Å². The lowest BCUT2D eigenvalue weighted by atomic mass is 9.97. The third kappa shape index (κ3) is 4.07. The predicted octanol–water partition coefficient (Wildman–Crippen LogP) is 2.11. The van der Waals surface area contributed by atoms with Crippen LogP contribution in [0.3, 0.4) is 0 Å². The largest absolute Gasteiger partial charge is 0.481 e. The molecule has 0 aromatic heterocycles. The molecule has 0 radical (unpaired) electrons. The van der Waals surface area contributed by atoms with E-state index in [1.165, 1.54) is 4.90 Å². The van der Waals surface area contributed by atoms with Gasteiger partial charge in [0.2, 0.25) is 0 Å². The Morgan fingerprint density at radius 1 is 1.33 bits per heavy atom. The van der Waals surface area contributed by atoms with E-state index in [1.807, 2.05) is 0 Å². The number of amides is 1. The number of anilines is 1. The molecule has 0 saturated carbocycles. The van der Waals surface area contributed by atoms with Crippen molar-refractivity contribution >= 4 is 17.6 Å². The average molecular weight is 335 g/mol. The number of benzene rings is 1. The molecule has 8 heteroatoms. The lowest BCUT2D eigenvalue weighted by Crippen LogP contribution is -2.40. The number of nitrogens with zero attached hydrogens (tertiary/aromatic N) is 2. The number of carbonyl (C=O) groups is 2. The molecule has 1 aliphatic rings. The lowest BCUT2D eigenvalue weighted by Gasteiger charge is -2.29. The van der Waals surface area contributed by atoms with E-state index in [0.717, 1.165) is 18.3 Å². The topological polar surface area (TPSA) is 93.4 Å². The molecule has 0 spiro atoms. The summed E-state index contributed by atoms with van der Waals surface area (Å²) in [6.07, 6.45) is 1.70. The third-order valence-electron chi connectivity index (χ3n) is 3.79. The van der Waals surface area contributed by atoms with E-state index in [4.69, 9.17) is 10.4 Å². The van der Waals surface area contributed by atoms with Gasteiger partial charge < -0.3 is 15.3 Å². The van der Waals surface area contributed by atoms with Crippen molar-refractivity contribution < 1.29 is 23.5 Å². The van der Waals surface area contributed by atoms with Gasteiger partial charge >= 0.3 is 5.97 Å². The van der Waals surface area contributed by atoms with Crippen molar-refractivity contribution in [2.75, 3.05) is 18.4 Å². The van der Waals surface area contributed by atoms with E-state index < -0.39 is 29.4 Å². The number of likely N-dealkylation sites (tertiary alicyclic amines) is 1. The van der Waals surface area contributed by atoms with E-state index in [1.54, 1.807) is 6.07 Å². The van der Waals surface area contributed by atoms with Gasteiger partial charge in [-0.05, 0) is 25.0 Å². The highest BCUT2D eigenvalue weighted by Crippen LogP contribution is 2.19. The van der Waals surface area contributed by atoms with E-state index in [2.05, 4.69) is 5.32 Å². The second kappa shape index (κ2) is 7.55. The van der Waals surface area contributed by atoms with Crippen LogP contribution in [0.15, 0.2) is 30.0 Å².